The summed E-state index contributed by atoms with van der Waals surface area (Å²) in [6, 6.07) is 28.6. The van der Waals surface area contributed by atoms with Crippen LogP contribution in [0.15, 0.2) is 89.3 Å². The molecule has 6 heteroatoms. The average molecular weight is 464 g/mol. The van der Waals surface area contributed by atoms with Crippen LogP contribution < -0.4 is 0 Å². The molecule has 33 heavy (non-hydrogen) atoms. The Labute approximate surface area is 197 Å². The van der Waals surface area contributed by atoms with Gasteiger partial charge in [0.1, 0.15) is 11.2 Å². The SMILES string of the molecule is Clc1nc(-c2ccc3c(c2)oc2ccccc23)nc(-c2cccc3c2sc2ccccc23)n1. The van der Waals surface area contributed by atoms with Gasteiger partial charge in [0.05, 0.1) is 0 Å². The van der Waals surface area contributed by atoms with Crippen molar-refractivity contribution in [3.05, 3.63) is 90.2 Å². The lowest BCUT2D eigenvalue weighted by Gasteiger charge is -2.06. The maximum atomic E-state index is 6.38. The van der Waals surface area contributed by atoms with E-state index in [-0.39, 0.29) is 5.28 Å². The number of furan rings is 1. The zero-order valence-corrected chi connectivity index (χ0v) is 18.7. The van der Waals surface area contributed by atoms with Crippen LogP contribution >= 0.6 is 22.9 Å². The first-order valence-electron chi connectivity index (χ1n) is 10.5. The van der Waals surface area contributed by atoms with Crippen LogP contribution in [0.3, 0.4) is 0 Å². The van der Waals surface area contributed by atoms with E-state index >= 15 is 0 Å². The van der Waals surface area contributed by atoms with Gasteiger partial charge in [-0.3, -0.25) is 0 Å². The number of nitrogens with zero attached hydrogens (tertiary/aromatic N) is 3. The summed E-state index contributed by atoms with van der Waals surface area (Å²) >= 11 is 8.12. The lowest BCUT2D eigenvalue weighted by atomic mass is 10.1. The smallest absolute Gasteiger partial charge is 0.226 e. The number of para-hydroxylation sites is 1. The normalized spacial score (nSPS) is 11.8. The highest BCUT2D eigenvalue weighted by molar-refractivity contribution is 7.26. The monoisotopic (exact) mass is 463 g/mol. The van der Waals surface area contributed by atoms with Crippen LogP contribution in [0, 0.1) is 0 Å². The predicted octanol–water partition coefficient (Wildman–Crippen LogP) is 8.13. The molecule has 0 spiro atoms. The second-order valence-corrected chi connectivity index (χ2v) is 9.23. The Kier molecular flexibility index (Phi) is 4.03. The van der Waals surface area contributed by atoms with Gasteiger partial charge in [-0.05, 0) is 41.9 Å². The van der Waals surface area contributed by atoms with Crippen LogP contribution in [-0.2, 0) is 0 Å². The van der Waals surface area contributed by atoms with Crippen molar-refractivity contribution >= 4 is 65.0 Å². The van der Waals surface area contributed by atoms with Crippen molar-refractivity contribution in [2.24, 2.45) is 0 Å². The number of halogens is 1. The molecule has 0 unspecified atom stereocenters. The zero-order valence-electron chi connectivity index (χ0n) is 17.1. The van der Waals surface area contributed by atoms with Crippen LogP contribution in [0.25, 0.3) is 64.9 Å². The number of hydrogen-bond donors (Lipinski definition) is 0. The molecule has 0 atom stereocenters. The highest BCUT2D eigenvalue weighted by atomic mass is 35.5. The van der Waals surface area contributed by atoms with Crippen molar-refractivity contribution < 1.29 is 4.42 Å². The van der Waals surface area contributed by atoms with E-state index in [1.54, 1.807) is 11.3 Å². The summed E-state index contributed by atoms with van der Waals surface area (Å²) in [6.45, 7) is 0. The molecule has 0 radical (unpaired) electrons. The fourth-order valence-electron chi connectivity index (χ4n) is 4.39. The van der Waals surface area contributed by atoms with Gasteiger partial charge in [0, 0.05) is 42.1 Å². The number of hydrogen-bond acceptors (Lipinski definition) is 5. The maximum Gasteiger partial charge on any atom is 0.226 e. The number of rotatable bonds is 2. The third-order valence-corrected chi connectivity index (χ3v) is 7.28. The van der Waals surface area contributed by atoms with E-state index in [0.29, 0.717) is 11.6 Å². The summed E-state index contributed by atoms with van der Waals surface area (Å²) in [4.78, 5) is 13.7. The number of aromatic nitrogens is 3. The van der Waals surface area contributed by atoms with Gasteiger partial charge >= 0.3 is 0 Å². The molecule has 4 nitrogen and oxygen atoms in total. The summed E-state index contributed by atoms with van der Waals surface area (Å²) in [5, 5.41) is 4.73. The van der Waals surface area contributed by atoms with Gasteiger partial charge in [-0.15, -0.1) is 11.3 Å². The van der Waals surface area contributed by atoms with E-state index in [9.17, 15) is 0 Å². The van der Waals surface area contributed by atoms with E-state index in [2.05, 4.69) is 46.4 Å². The van der Waals surface area contributed by atoms with Gasteiger partial charge in [0.15, 0.2) is 11.6 Å². The molecular formula is C27H14ClN3OS. The Balaban J connectivity index is 1.42. The van der Waals surface area contributed by atoms with E-state index in [1.165, 1.54) is 15.5 Å². The summed E-state index contributed by atoms with van der Waals surface area (Å²) < 4.78 is 8.42. The molecule has 7 aromatic rings. The van der Waals surface area contributed by atoms with Crippen LogP contribution in [0.5, 0.6) is 0 Å². The summed E-state index contributed by atoms with van der Waals surface area (Å²) in [7, 11) is 0. The quantitative estimate of drug-likeness (QED) is 0.259. The van der Waals surface area contributed by atoms with Gasteiger partial charge in [-0.1, -0.05) is 54.6 Å². The molecule has 0 aliphatic carbocycles. The highest BCUT2D eigenvalue weighted by Gasteiger charge is 2.16. The van der Waals surface area contributed by atoms with Crippen molar-refractivity contribution in [1.82, 2.24) is 15.0 Å². The minimum atomic E-state index is 0.165. The number of fused-ring (bicyclic) bond motifs is 6. The van der Waals surface area contributed by atoms with Crippen molar-refractivity contribution in [2.75, 3.05) is 0 Å². The molecule has 4 aromatic carbocycles. The first-order chi connectivity index (χ1) is 16.2. The second kappa shape index (κ2) is 7.10. The Morgan fingerprint density at radius 2 is 1.39 bits per heavy atom. The number of benzene rings is 4. The van der Waals surface area contributed by atoms with Gasteiger partial charge in [0.25, 0.3) is 0 Å². The summed E-state index contributed by atoms with van der Waals surface area (Å²) in [6.07, 6.45) is 0. The summed E-state index contributed by atoms with van der Waals surface area (Å²) in [5.74, 6) is 1.08. The van der Waals surface area contributed by atoms with E-state index < -0.39 is 0 Å². The zero-order chi connectivity index (χ0) is 21.9. The lowest BCUT2D eigenvalue weighted by molar-refractivity contribution is 0.669. The molecule has 0 aliphatic rings. The van der Waals surface area contributed by atoms with Gasteiger partial charge in [0.2, 0.25) is 5.28 Å². The van der Waals surface area contributed by atoms with E-state index in [1.807, 2.05) is 48.5 Å². The Morgan fingerprint density at radius 1 is 0.636 bits per heavy atom. The Bertz CT molecular complexity index is 1850. The minimum Gasteiger partial charge on any atom is -0.456 e. The lowest BCUT2D eigenvalue weighted by Crippen LogP contribution is -1.97. The molecule has 7 rings (SSSR count). The molecule has 3 aromatic heterocycles. The van der Waals surface area contributed by atoms with Crippen LogP contribution in [0.2, 0.25) is 5.28 Å². The first kappa shape index (κ1) is 18.7. The standard InChI is InChI=1S/C27H14ClN3OS/c28-27-30-25(15-12-13-17-16-6-1-3-10-21(16)32-22(17)14-15)29-26(31-27)20-9-5-8-19-18-7-2-4-11-23(18)33-24(19)20/h1-14H. The van der Waals surface area contributed by atoms with Crippen LogP contribution in [0.1, 0.15) is 0 Å². The number of thiophene rings is 1. The predicted molar refractivity (Wildman–Crippen MR) is 136 cm³/mol. The molecule has 0 N–H and O–H groups in total. The van der Waals surface area contributed by atoms with Crippen LogP contribution in [0.4, 0.5) is 0 Å². The molecule has 0 saturated heterocycles. The average Bonchev–Trinajstić information content (AvgIpc) is 3.41. The van der Waals surface area contributed by atoms with Gasteiger partial charge < -0.3 is 4.42 Å². The maximum absolute atomic E-state index is 6.38. The summed E-state index contributed by atoms with van der Waals surface area (Å²) in [5.41, 5.74) is 3.42. The molecule has 3 heterocycles. The molecule has 0 fully saturated rings. The topological polar surface area (TPSA) is 51.8 Å². The fraction of sp³-hybridized carbons (Fsp3) is 0. The third kappa shape index (κ3) is 2.94. The molecular weight excluding hydrogens is 450 g/mol. The fourth-order valence-corrected chi connectivity index (χ4v) is 5.76. The highest BCUT2D eigenvalue weighted by Crippen LogP contribution is 2.39. The largest absolute Gasteiger partial charge is 0.456 e. The molecule has 156 valence electrons. The van der Waals surface area contributed by atoms with Gasteiger partial charge in [-0.25, -0.2) is 4.98 Å². The molecule has 0 bridgehead atoms. The Morgan fingerprint density at radius 3 is 2.33 bits per heavy atom. The van der Waals surface area contributed by atoms with Crippen molar-refractivity contribution in [2.45, 2.75) is 0 Å². The van der Waals surface area contributed by atoms with Gasteiger partial charge in [-0.2, -0.15) is 9.97 Å². The molecule has 0 aliphatic heterocycles. The van der Waals surface area contributed by atoms with Crippen molar-refractivity contribution in [1.29, 1.82) is 0 Å². The first-order valence-corrected chi connectivity index (χ1v) is 11.7. The second-order valence-electron chi connectivity index (χ2n) is 7.84. The molecule has 0 amide bonds. The van der Waals surface area contributed by atoms with E-state index in [0.717, 1.165) is 37.8 Å². The molecule has 0 saturated carbocycles. The van der Waals surface area contributed by atoms with Crippen molar-refractivity contribution in [3.8, 4) is 22.8 Å². The van der Waals surface area contributed by atoms with E-state index in [4.69, 9.17) is 21.0 Å². The van der Waals surface area contributed by atoms with Crippen molar-refractivity contribution in [3.63, 3.8) is 0 Å². The third-order valence-electron chi connectivity index (χ3n) is 5.89. The van der Waals surface area contributed by atoms with Crippen LogP contribution in [-0.4, -0.2) is 15.0 Å². The Hall–Kier alpha value is -3.80. The minimum absolute atomic E-state index is 0.165.